The summed E-state index contributed by atoms with van der Waals surface area (Å²) in [4.78, 5) is 2.87. The first-order valence-corrected chi connectivity index (χ1v) is 17.3. The lowest BCUT2D eigenvalue weighted by atomic mass is 10.1. The van der Waals surface area contributed by atoms with Crippen molar-refractivity contribution < 1.29 is 30.5 Å². The van der Waals surface area contributed by atoms with Gasteiger partial charge in [0.25, 0.3) is 5.01 Å². The number of thiazole rings is 1. The fourth-order valence-corrected chi connectivity index (χ4v) is 8.18. The molecule has 0 N–H and O–H groups in total. The molecule has 14 heteroatoms. The first-order chi connectivity index (χ1) is 18.4. The third kappa shape index (κ3) is 6.71. The number of thioether (sulfide) groups is 1. The molecule has 0 radical (unpaired) electrons. The second kappa shape index (κ2) is 11.2. The van der Waals surface area contributed by atoms with Crippen LogP contribution in [0, 0.1) is 0 Å². The highest BCUT2D eigenvalue weighted by Crippen LogP contribution is 2.48. The SMILES string of the molecule is O=S(=O)([O-])CCCN1/C(=C/c2sc3ccc4cc(Cl)ccc4c3[n+]2CCCS(=O)(=O)[O-])Sc2ccc(Cl)cc21. The Hall–Kier alpha value is -1.90. The summed E-state index contributed by atoms with van der Waals surface area (Å²) in [6, 6.07) is 15.0. The lowest BCUT2D eigenvalue weighted by Crippen LogP contribution is -2.36. The maximum absolute atomic E-state index is 11.3. The molecule has 39 heavy (non-hydrogen) atoms. The highest BCUT2D eigenvalue weighted by Gasteiger charge is 2.29. The highest BCUT2D eigenvalue weighted by atomic mass is 35.5. The zero-order chi connectivity index (χ0) is 27.9. The zero-order valence-electron chi connectivity index (χ0n) is 20.2. The van der Waals surface area contributed by atoms with Crippen molar-refractivity contribution >= 4 is 99.3 Å². The van der Waals surface area contributed by atoms with E-state index >= 15 is 0 Å². The van der Waals surface area contributed by atoms with Crippen LogP contribution in [-0.4, -0.2) is 44.0 Å². The van der Waals surface area contributed by atoms with Crippen LogP contribution in [0.2, 0.25) is 10.0 Å². The van der Waals surface area contributed by atoms with E-state index in [1.165, 1.54) is 23.1 Å². The van der Waals surface area contributed by atoms with Crippen LogP contribution in [0.3, 0.4) is 0 Å². The van der Waals surface area contributed by atoms with Crippen molar-refractivity contribution in [2.24, 2.45) is 0 Å². The van der Waals surface area contributed by atoms with E-state index in [9.17, 15) is 25.9 Å². The summed E-state index contributed by atoms with van der Waals surface area (Å²) in [6.45, 7) is 0.578. The van der Waals surface area contributed by atoms with Gasteiger partial charge in [-0.25, -0.2) is 16.8 Å². The van der Waals surface area contributed by atoms with Crippen LogP contribution >= 0.6 is 46.3 Å². The fraction of sp³-hybridized carbons (Fsp3) is 0.240. The number of nitrogens with zero attached hydrogens (tertiary/aromatic N) is 2. The molecule has 8 nitrogen and oxygen atoms in total. The molecule has 3 aromatic carbocycles. The molecule has 206 valence electrons. The summed E-state index contributed by atoms with van der Waals surface area (Å²) in [5, 5.41) is 4.61. The molecule has 0 atom stereocenters. The summed E-state index contributed by atoms with van der Waals surface area (Å²) < 4.78 is 70.7. The van der Waals surface area contributed by atoms with E-state index in [0.717, 1.165) is 41.6 Å². The predicted molar refractivity (Wildman–Crippen MR) is 156 cm³/mol. The Morgan fingerprint density at radius 3 is 2.33 bits per heavy atom. The van der Waals surface area contributed by atoms with Gasteiger partial charge in [-0.3, -0.25) is 0 Å². The minimum absolute atomic E-state index is 0.134. The molecule has 1 aliphatic heterocycles. The number of aryl methyl sites for hydroxylation is 1. The van der Waals surface area contributed by atoms with Crippen LogP contribution in [0.4, 0.5) is 5.69 Å². The first kappa shape index (κ1) is 28.6. The van der Waals surface area contributed by atoms with Crippen LogP contribution < -0.4 is 9.47 Å². The second-order valence-electron chi connectivity index (χ2n) is 8.95. The highest BCUT2D eigenvalue weighted by molar-refractivity contribution is 8.04. The van der Waals surface area contributed by atoms with E-state index in [0.29, 0.717) is 16.6 Å². The minimum atomic E-state index is -4.38. The summed E-state index contributed by atoms with van der Waals surface area (Å²) in [5.74, 6) is -0.975. The van der Waals surface area contributed by atoms with Crippen molar-refractivity contribution in [3.8, 4) is 0 Å². The third-order valence-electron chi connectivity index (χ3n) is 6.16. The lowest BCUT2D eigenvalue weighted by Gasteiger charge is -2.20. The molecule has 0 aliphatic carbocycles. The van der Waals surface area contributed by atoms with E-state index in [4.69, 9.17) is 23.2 Å². The average molecular weight is 645 g/mol. The Labute approximate surface area is 244 Å². The van der Waals surface area contributed by atoms with Crippen LogP contribution in [0.25, 0.3) is 27.1 Å². The molecule has 2 heterocycles. The van der Waals surface area contributed by atoms with Gasteiger partial charge in [-0.15, -0.1) is 0 Å². The minimum Gasteiger partial charge on any atom is -0.748 e. The molecule has 4 aromatic rings. The van der Waals surface area contributed by atoms with E-state index in [1.807, 2.05) is 45.9 Å². The molecule has 0 spiro atoms. The Bertz CT molecular complexity index is 1840. The molecule has 0 saturated carbocycles. The lowest BCUT2D eigenvalue weighted by molar-refractivity contribution is -0.667. The molecule has 0 fully saturated rings. The van der Waals surface area contributed by atoms with Crippen molar-refractivity contribution in [2.75, 3.05) is 23.0 Å². The zero-order valence-corrected chi connectivity index (χ0v) is 24.9. The van der Waals surface area contributed by atoms with Crippen LogP contribution in [-0.2, 0) is 26.8 Å². The van der Waals surface area contributed by atoms with Crippen LogP contribution in [0.15, 0.2) is 58.5 Å². The maximum Gasteiger partial charge on any atom is 0.265 e. The summed E-state index contributed by atoms with van der Waals surface area (Å²) in [6.07, 6.45) is 2.23. The maximum atomic E-state index is 11.3. The summed E-state index contributed by atoms with van der Waals surface area (Å²) in [5.41, 5.74) is 1.71. The van der Waals surface area contributed by atoms with Crippen molar-refractivity contribution in [1.29, 1.82) is 0 Å². The molecule has 5 rings (SSSR count). The molecular formula is C25H21Cl2N2O6S4-. The number of aromatic nitrogens is 1. The monoisotopic (exact) mass is 643 g/mol. The van der Waals surface area contributed by atoms with Crippen LogP contribution in [0.5, 0.6) is 0 Å². The first-order valence-electron chi connectivity index (χ1n) is 11.8. The molecule has 0 unspecified atom stereocenters. The van der Waals surface area contributed by atoms with Gasteiger partial charge in [-0.2, -0.15) is 4.57 Å². The van der Waals surface area contributed by atoms with Gasteiger partial charge in [-0.1, -0.05) is 52.4 Å². The number of benzene rings is 3. The van der Waals surface area contributed by atoms with Crippen molar-refractivity contribution in [2.45, 2.75) is 24.3 Å². The van der Waals surface area contributed by atoms with Crippen LogP contribution in [0.1, 0.15) is 17.8 Å². The van der Waals surface area contributed by atoms with Gasteiger partial charge in [0.1, 0.15) is 4.70 Å². The number of hydrogen-bond donors (Lipinski definition) is 0. The third-order valence-corrected chi connectivity index (χ3v) is 10.4. The topological polar surface area (TPSA) is 122 Å². The average Bonchev–Trinajstić information content (AvgIpc) is 3.35. The summed E-state index contributed by atoms with van der Waals surface area (Å²) >= 11 is 15.5. The largest absolute Gasteiger partial charge is 0.748 e. The van der Waals surface area contributed by atoms with Crippen molar-refractivity contribution in [3.63, 3.8) is 0 Å². The standard InChI is InChI=1S/C25H22Cl2N2O6S4/c26-17-4-6-19-16(13-17)3-7-22-25(19)29(10-2-12-39(33,34)35)24(37-22)15-23-28(9-1-11-38(30,31)32)20-14-18(27)5-8-21(20)36-23/h3-8,13-15H,1-2,9-12H2,(H-,30,31,32,33,34,35)/p-1. The number of fused-ring (bicyclic) bond motifs is 4. The molecule has 0 bridgehead atoms. The quantitative estimate of drug-likeness (QED) is 0.175. The van der Waals surface area contributed by atoms with Crippen molar-refractivity contribution in [1.82, 2.24) is 0 Å². The Morgan fingerprint density at radius 1 is 0.897 bits per heavy atom. The molecule has 1 aromatic heterocycles. The van der Waals surface area contributed by atoms with Gasteiger partial charge in [0.2, 0.25) is 5.52 Å². The van der Waals surface area contributed by atoms with Gasteiger partial charge >= 0.3 is 0 Å². The Morgan fingerprint density at radius 2 is 1.59 bits per heavy atom. The normalized spacial score (nSPS) is 15.1. The Kier molecular flexibility index (Phi) is 8.20. The van der Waals surface area contributed by atoms with E-state index in [2.05, 4.69) is 0 Å². The van der Waals surface area contributed by atoms with Gasteiger partial charge in [0.05, 0.1) is 42.4 Å². The number of rotatable bonds is 9. The van der Waals surface area contributed by atoms with E-state index in [1.54, 1.807) is 18.2 Å². The van der Waals surface area contributed by atoms with Gasteiger partial charge in [-0.05, 0) is 54.3 Å². The van der Waals surface area contributed by atoms with E-state index in [-0.39, 0.29) is 19.4 Å². The van der Waals surface area contributed by atoms with Crippen molar-refractivity contribution in [3.05, 3.63) is 68.6 Å². The smallest absolute Gasteiger partial charge is 0.265 e. The second-order valence-corrected chi connectivity index (χ2v) is 15.0. The molecular weight excluding hydrogens is 623 g/mol. The predicted octanol–water partition coefficient (Wildman–Crippen LogP) is 5.43. The number of anilines is 1. The summed E-state index contributed by atoms with van der Waals surface area (Å²) in [7, 11) is -8.74. The number of halogens is 2. The van der Waals surface area contributed by atoms with E-state index < -0.39 is 31.7 Å². The Balaban J connectivity index is 1.61. The fourth-order valence-electron chi connectivity index (χ4n) is 4.55. The van der Waals surface area contributed by atoms with Gasteiger partial charge in [0.15, 0.2) is 6.54 Å². The molecule has 1 aliphatic rings. The van der Waals surface area contributed by atoms with Gasteiger partial charge in [0, 0.05) is 39.4 Å². The molecule has 0 amide bonds. The number of hydrogen-bond acceptors (Lipinski definition) is 9. The van der Waals surface area contributed by atoms with Gasteiger partial charge < -0.3 is 14.0 Å². The molecule has 0 saturated heterocycles.